The van der Waals surface area contributed by atoms with Crippen molar-refractivity contribution < 1.29 is 9.84 Å². The van der Waals surface area contributed by atoms with E-state index in [9.17, 15) is 0 Å². The average Bonchev–Trinajstić information content (AvgIpc) is 2.43. The first kappa shape index (κ1) is 16.0. The minimum absolute atomic E-state index is 0.241. The summed E-state index contributed by atoms with van der Waals surface area (Å²) in [5.41, 5.74) is 0. The fourth-order valence-electron chi connectivity index (χ4n) is 2.25. The second-order valence-electron chi connectivity index (χ2n) is 4.83. The number of β-amino-alcohol motifs (C(OH)–C–C–N with tert-alkyl or cyclic N) is 1. The maximum absolute atomic E-state index is 8.91. The van der Waals surface area contributed by atoms with Gasteiger partial charge < -0.3 is 9.84 Å². The van der Waals surface area contributed by atoms with Crippen LogP contribution in [0.2, 0.25) is 5.02 Å². The molecule has 0 radical (unpaired) electrons. The standard InChI is InChI=1S/C14H20BrClN2O2/c15-12-1-2-14(13(16)11-12)20-10-8-18-5-3-17(4-6-18)7-9-19/h1-2,11,19H,3-10H2. The Morgan fingerprint density at radius 1 is 1.15 bits per heavy atom. The summed E-state index contributed by atoms with van der Waals surface area (Å²) in [5, 5.41) is 9.54. The Hall–Kier alpha value is -0.330. The van der Waals surface area contributed by atoms with Crippen molar-refractivity contribution in [2.75, 3.05) is 52.5 Å². The fraction of sp³-hybridized carbons (Fsp3) is 0.571. The lowest BCUT2D eigenvalue weighted by molar-refractivity contribution is 0.102. The van der Waals surface area contributed by atoms with Crippen molar-refractivity contribution in [1.29, 1.82) is 0 Å². The van der Waals surface area contributed by atoms with Crippen LogP contribution in [0.15, 0.2) is 22.7 Å². The van der Waals surface area contributed by atoms with Gasteiger partial charge in [0.1, 0.15) is 12.4 Å². The lowest BCUT2D eigenvalue weighted by Crippen LogP contribution is -2.48. The summed E-state index contributed by atoms with van der Waals surface area (Å²) in [5.74, 6) is 0.730. The second kappa shape index (κ2) is 8.20. The lowest BCUT2D eigenvalue weighted by atomic mass is 10.3. The summed E-state index contributed by atoms with van der Waals surface area (Å²) < 4.78 is 6.67. The molecule has 1 N–H and O–H groups in total. The van der Waals surface area contributed by atoms with Gasteiger partial charge in [-0.2, -0.15) is 0 Å². The zero-order valence-electron chi connectivity index (χ0n) is 11.4. The topological polar surface area (TPSA) is 35.9 Å². The van der Waals surface area contributed by atoms with E-state index in [2.05, 4.69) is 25.7 Å². The molecule has 1 aromatic carbocycles. The van der Waals surface area contributed by atoms with Crippen molar-refractivity contribution in [1.82, 2.24) is 9.80 Å². The van der Waals surface area contributed by atoms with Gasteiger partial charge in [0.25, 0.3) is 0 Å². The van der Waals surface area contributed by atoms with Crippen LogP contribution in [0.1, 0.15) is 0 Å². The largest absolute Gasteiger partial charge is 0.491 e. The molecule has 0 atom stereocenters. The van der Waals surface area contributed by atoms with Crippen molar-refractivity contribution in [2.24, 2.45) is 0 Å². The molecule has 1 aromatic rings. The van der Waals surface area contributed by atoms with Gasteiger partial charge in [0.2, 0.25) is 0 Å². The van der Waals surface area contributed by atoms with Crippen LogP contribution in [-0.4, -0.2) is 67.4 Å². The third kappa shape index (κ3) is 4.90. The highest BCUT2D eigenvalue weighted by Crippen LogP contribution is 2.27. The van der Waals surface area contributed by atoms with Gasteiger partial charge in [-0.3, -0.25) is 9.80 Å². The van der Waals surface area contributed by atoms with E-state index < -0.39 is 0 Å². The van der Waals surface area contributed by atoms with E-state index in [-0.39, 0.29) is 6.61 Å². The van der Waals surface area contributed by atoms with Gasteiger partial charge in [-0.15, -0.1) is 0 Å². The molecule has 2 rings (SSSR count). The number of aliphatic hydroxyl groups is 1. The number of ether oxygens (including phenoxy) is 1. The highest BCUT2D eigenvalue weighted by atomic mass is 79.9. The highest BCUT2D eigenvalue weighted by molar-refractivity contribution is 9.10. The maximum Gasteiger partial charge on any atom is 0.138 e. The van der Waals surface area contributed by atoms with Gasteiger partial charge in [0, 0.05) is 43.7 Å². The number of nitrogens with zero attached hydrogens (tertiary/aromatic N) is 2. The summed E-state index contributed by atoms with van der Waals surface area (Å²) in [6.45, 7) is 6.64. The molecular formula is C14H20BrClN2O2. The molecule has 0 aromatic heterocycles. The normalized spacial score (nSPS) is 17.4. The van der Waals surface area contributed by atoms with E-state index >= 15 is 0 Å². The van der Waals surface area contributed by atoms with Gasteiger partial charge in [0.15, 0.2) is 0 Å². The first-order chi connectivity index (χ1) is 9.69. The Labute approximate surface area is 133 Å². The molecule has 0 saturated carbocycles. The molecular weight excluding hydrogens is 344 g/mol. The Morgan fingerprint density at radius 2 is 1.80 bits per heavy atom. The maximum atomic E-state index is 8.91. The molecule has 1 fully saturated rings. The number of hydrogen-bond donors (Lipinski definition) is 1. The molecule has 1 aliphatic heterocycles. The number of piperazine rings is 1. The first-order valence-corrected chi connectivity index (χ1v) is 7.99. The zero-order valence-corrected chi connectivity index (χ0v) is 13.7. The van der Waals surface area contributed by atoms with Crippen molar-refractivity contribution >= 4 is 27.5 Å². The van der Waals surface area contributed by atoms with E-state index in [1.54, 1.807) is 0 Å². The summed E-state index contributed by atoms with van der Waals surface area (Å²) in [6, 6.07) is 5.64. The highest BCUT2D eigenvalue weighted by Gasteiger charge is 2.16. The SMILES string of the molecule is OCCN1CCN(CCOc2ccc(Br)cc2Cl)CC1. The third-order valence-corrected chi connectivity index (χ3v) is 4.23. The monoisotopic (exact) mass is 362 g/mol. The summed E-state index contributed by atoms with van der Waals surface area (Å²) in [4.78, 5) is 4.66. The van der Waals surface area contributed by atoms with E-state index in [0.717, 1.165) is 49.5 Å². The smallest absolute Gasteiger partial charge is 0.138 e. The van der Waals surface area contributed by atoms with E-state index in [1.165, 1.54) is 0 Å². The third-order valence-electron chi connectivity index (χ3n) is 3.44. The van der Waals surface area contributed by atoms with Crippen LogP contribution >= 0.6 is 27.5 Å². The first-order valence-electron chi connectivity index (χ1n) is 6.82. The van der Waals surface area contributed by atoms with Crippen LogP contribution in [0.25, 0.3) is 0 Å². The van der Waals surface area contributed by atoms with Crippen molar-refractivity contribution in [3.8, 4) is 5.75 Å². The van der Waals surface area contributed by atoms with Crippen LogP contribution in [0.4, 0.5) is 0 Å². The van der Waals surface area contributed by atoms with Crippen LogP contribution < -0.4 is 4.74 Å². The van der Waals surface area contributed by atoms with Gasteiger partial charge in [-0.1, -0.05) is 27.5 Å². The molecule has 112 valence electrons. The van der Waals surface area contributed by atoms with Crippen LogP contribution in [0, 0.1) is 0 Å². The van der Waals surface area contributed by atoms with E-state index in [1.807, 2.05) is 18.2 Å². The van der Waals surface area contributed by atoms with E-state index in [4.69, 9.17) is 21.4 Å². The summed E-state index contributed by atoms with van der Waals surface area (Å²) in [7, 11) is 0. The minimum Gasteiger partial charge on any atom is -0.491 e. The van der Waals surface area contributed by atoms with Gasteiger partial charge in [-0.05, 0) is 18.2 Å². The summed E-state index contributed by atoms with van der Waals surface area (Å²) >= 11 is 9.48. The van der Waals surface area contributed by atoms with Crippen LogP contribution in [0.3, 0.4) is 0 Å². The van der Waals surface area contributed by atoms with Crippen molar-refractivity contribution in [3.63, 3.8) is 0 Å². The van der Waals surface area contributed by atoms with Crippen molar-refractivity contribution in [3.05, 3.63) is 27.7 Å². The van der Waals surface area contributed by atoms with Gasteiger partial charge >= 0.3 is 0 Å². The van der Waals surface area contributed by atoms with Gasteiger partial charge in [0.05, 0.1) is 11.6 Å². The van der Waals surface area contributed by atoms with E-state index in [0.29, 0.717) is 11.6 Å². The Balaban J connectivity index is 1.69. The molecule has 1 heterocycles. The Morgan fingerprint density at radius 3 is 2.40 bits per heavy atom. The molecule has 1 aliphatic rings. The molecule has 0 aliphatic carbocycles. The average molecular weight is 364 g/mol. The quantitative estimate of drug-likeness (QED) is 0.839. The molecule has 0 bridgehead atoms. The molecule has 1 saturated heterocycles. The lowest BCUT2D eigenvalue weighted by Gasteiger charge is -2.34. The summed E-state index contributed by atoms with van der Waals surface area (Å²) in [6.07, 6.45) is 0. The number of hydrogen-bond acceptors (Lipinski definition) is 4. The van der Waals surface area contributed by atoms with Crippen LogP contribution in [-0.2, 0) is 0 Å². The Bertz CT molecular complexity index is 426. The Kier molecular flexibility index (Phi) is 6.58. The molecule has 20 heavy (non-hydrogen) atoms. The van der Waals surface area contributed by atoms with Gasteiger partial charge in [-0.25, -0.2) is 0 Å². The van der Waals surface area contributed by atoms with Crippen molar-refractivity contribution in [2.45, 2.75) is 0 Å². The zero-order chi connectivity index (χ0) is 14.4. The number of halogens is 2. The van der Waals surface area contributed by atoms with Crippen LogP contribution in [0.5, 0.6) is 5.75 Å². The second-order valence-corrected chi connectivity index (χ2v) is 6.15. The predicted octanol–water partition coefficient (Wildman–Crippen LogP) is 2.09. The number of rotatable bonds is 6. The fourth-order valence-corrected chi connectivity index (χ4v) is 2.98. The minimum atomic E-state index is 0.241. The molecule has 6 heteroatoms. The molecule has 4 nitrogen and oxygen atoms in total. The predicted molar refractivity (Wildman–Crippen MR) is 84.6 cm³/mol. The molecule has 0 spiro atoms. The molecule has 0 unspecified atom stereocenters. The number of aliphatic hydroxyl groups excluding tert-OH is 1. The number of benzene rings is 1. The molecule has 0 amide bonds.